The molecule has 0 bridgehead atoms. The summed E-state index contributed by atoms with van der Waals surface area (Å²) in [6.07, 6.45) is -5.96. The number of amides is 2. The number of nitrogens with one attached hydrogen (secondary N) is 1. The van der Waals surface area contributed by atoms with Gasteiger partial charge in [0.25, 0.3) is 0 Å². The zero-order chi connectivity index (χ0) is 15.3. The minimum Gasteiger partial charge on any atom is -1.00 e. The summed E-state index contributed by atoms with van der Waals surface area (Å²) in [4.78, 5) is 22.1. The zero-order valence-corrected chi connectivity index (χ0v) is 14.0. The Labute approximate surface area is 148 Å². The van der Waals surface area contributed by atoms with E-state index in [1.165, 1.54) is 0 Å². The topological polar surface area (TPSA) is 152 Å². The van der Waals surface area contributed by atoms with Crippen LogP contribution in [-0.2, 0) is 4.74 Å². The third-order valence-electron chi connectivity index (χ3n) is 2.82. The van der Waals surface area contributed by atoms with E-state index in [1.54, 1.807) is 0 Å². The Kier molecular flexibility index (Phi) is 9.85. The molecule has 5 atom stereocenters. The van der Waals surface area contributed by atoms with E-state index < -0.39 is 43.3 Å². The third kappa shape index (κ3) is 5.27. The summed E-state index contributed by atoms with van der Waals surface area (Å²) in [6, 6.07) is -2.40. The molecule has 0 saturated carbocycles. The van der Waals surface area contributed by atoms with Gasteiger partial charge in [-0.15, -0.1) is 16.5 Å². The van der Waals surface area contributed by atoms with Crippen LogP contribution in [0.3, 0.4) is 0 Å². The van der Waals surface area contributed by atoms with Gasteiger partial charge in [-0.2, -0.15) is 5.01 Å². The molecule has 0 aromatic heterocycles. The van der Waals surface area contributed by atoms with Crippen molar-refractivity contribution in [3.05, 3.63) is 4.91 Å². The van der Waals surface area contributed by atoms with E-state index in [2.05, 4.69) is 10.6 Å². The minimum atomic E-state index is -1.67. The quantitative estimate of drug-likeness (QED) is 0.145. The van der Waals surface area contributed by atoms with Crippen LogP contribution in [-0.4, -0.2) is 81.1 Å². The molecule has 21 heavy (non-hydrogen) atoms. The van der Waals surface area contributed by atoms with Gasteiger partial charge < -0.3 is 31.9 Å². The van der Waals surface area contributed by atoms with E-state index in [0.717, 1.165) is 0 Å². The molecular weight excluding hydrogens is 321 g/mol. The summed E-state index contributed by atoms with van der Waals surface area (Å²) < 4.78 is 4.83. The number of ether oxygens (including phenoxy) is 1. The van der Waals surface area contributed by atoms with E-state index in [4.69, 9.17) is 21.4 Å². The Morgan fingerprint density at radius 1 is 1.38 bits per heavy atom. The summed E-state index contributed by atoms with van der Waals surface area (Å²) in [5, 5.41) is 42.9. The summed E-state index contributed by atoms with van der Waals surface area (Å²) in [6.45, 7) is -0.789. The molecule has 1 heterocycles. The van der Waals surface area contributed by atoms with Crippen molar-refractivity contribution in [2.75, 3.05) is 19.0 Å². The van der Waals surface area contributed by atoms with Gasteiger partial charge in [0.15, 0.2) is 6.29 Å². The molecule has 5 N–H and O–H groups in total. The molecule has 0 aromatic carbocycles. The van der Waals surface area contributed by atoms with Crippen molar-refractivity contribution >= 4 is 17.6 Å². The maximum absolute atomic E-state index is 11.6. The average molecular weight is 338 g/mol. The van der Waals surface area contributed by atoms with Gasteiger partial charge in [-0.05, 0) is 0 Å². The Balaban J connectivity index is 0. The fourth-order valence-electron chi connectivity index (χ4n) is 1.73. The number of nitroso groups, excluding NO2 is 1. The Morgan fingerprint density at radius 2 is 2.00 bits per heavy atom. The van der Waals surface area contributed by atoms with Crippen LogP contribution >= 0.6 is 11.6 Å². The van der Waals surface area contributed by atoms with E-state index in [9.17, 15) is 25.0 Å². The largest absolute Gasteiger partial charge is 1.00 e. The number of hydrogen-bond donors (Lipinski definition) is 5. The summed E-state index contributed by atoms with van der Waals surface area (Å²) in [7, 11) is 0. The predicted octanol–water partition coefficient (Wildman–Crippen LogP) is -5.17. The van der Waals surface area contributed by atoms with E-state index in [-0.39, 0.29) is 43.4 Å². The standard InChI is InChI=1S/C9H16ClN3O7.Na.H/c10-1-2-13(12-19)9(18)11-5-7(16)6(15)4(3-14)20-8(5)17;;/h4-8,14-17H,1-3H2,(H,11,18);;/q;+1;-1/t4-,5-,6-,7-,8+;;/m1../s1. The molecule has 2 amide bonds. The minimum absolute atomic E-state index is 0. The number of halogens is 1. The van der Waals surface area contributed by atoms with Crippen LogP contribution in [0.5, 0.6) is 0 Å². The van der Waals surface area contributed by atoms with Crippen LogP contribution in [0.1, 0.15) is 1.43 Å². The Morgan fingerprint density at radius 3 is 2.48 bits per heavy atom. The Hall–Kier alpha value is -0.0400. The maximum atomic E-state index is 11.6. The molecule has 0 spiro atoms. The van der Waals surface area contributed by atoms with Gasteiger partial charge >= 0.3 is 35.6 Å². The van der Waals surface area contributed by atoms with Crippen LogP contribution in [0.2, 0.25) is 0 Å². The molecule has 0 unspecified atom stereocenters. The fourth-order valence-corrected chi connectivity index (χ4v) is 1.89. The number of carbonyl (C=O) groups is 1. The van der Waals surface area contributed by atoms with Gasteiger partial charge in [-0.3, -0.25) is 0 Å². The molecule has 1 fully saturated rings. The first-order valence-electron chi connectivity index (χ1n) is 5.74. The van der Waals surface area contributed by atoms with Crippen molar-refractivity contribution < 1.29 is 60.9 Å². The monoisotopic (exact) mass is 337 g/mol. The molecule has 1 rings (SSSR count). The number of alkyl halides is 1. The molecule has 10 nitrogen and oxygen atoms in total. The number of hydrogen-bond acceptors (Lipinski definition) is 8. The van der Waals surface area contributed by atoms with Crippen molar-refractivity contribution in [1.82, 2.24) is 10.3 Å². The van der Waals surface area contributed by atoms with Crippen LogP contribution in [0.25, 0.3) is 0 Å². The second-order valence-corrected chi connectivity index (χ2v) is 4.48. The smallest absolute Gasteiger partial charge is 1.00 e. The molecule has 118 valence electrons. The van der Waals surface area contributed by atoms with Crippen molar-refractivity contribution in [2.24, 2.45) is 5.29 Å². The van der Waals surface area contributed by atoms with E-state index in [0.29, 0.717) is 5.01 Å². The van der Waals surface area contributed by atoms with Crippen molar-refractivity contribution in [1.29, 1.82) is 0 Å². The molecule has 0 radical (unpaired) electrons. The average Bonchev–Trinajstić information content (AvgIpc) is 2.44. The van der Waals surface area contributed by atoms with E-state index in [1.807, 2.05) is 0 Å². The molecular formula is C9H17ClN3NaO7. The van der Waals surface area contributed by atoms with Gasteiger partial charge in [0.1, 0.15) is 24.4 Å². The zero-order valence-electron chi connectivity index (χ0n) is 12.3. The fraction of sp³-hybridized carbons (Fsp3) is 0.889. The first-order chi connectivity index (χ1) is 9.46. The molecule has 1 saturated heterocycles. The second kappa shape index (κ2) is 9.87. The normalized spacial score (nSPS) is 32.0. The van der Waals surface area contributed by atoms with Crippen LogP contribution < -0.4 is 34.9 Å². The van der Waals surface area contributed by atoms with E-state index >= 15 is 0 Å². The van der Waals surface area contributed by atoms with Gasteiger partial charge in [-0.1, -0.05) is 0 Å². The van der Waals surface area contributed by atoms with Gasteiger partial charge in [0.05, 0.1) is 18.4 Å². The summed E-state index contributed by atoms with van der Waals surface area (Å²) >= 11 is 5.37. The number of urea groups is 1. The third-order valence-corrected chi connectivity index (χ3v) is 2.99. The number of carbonyl (C=O) groups excluding carboxylic acids is 1. The molecule has 1 aliphatic rings. The number of aliphatic hydroxyl groups is 4. The summed E-state index contributed by atoms with van der Waals surface area (Å²) in [5.74, 6) is -0.0410. The van der Waals surface area contributed by atoms with Crippen LogP contribution in [0.15, 0.2) is 5.29 Å². The van der Waals surface area contributed by atoms with Crippen molar-refractivity contribution in [3.63, 3.8) is 0 Å². The van der Waals surface area contributed by atoms with Crippen LogP contribution in [0.4, 0.5) is 4.79 Å². The van der Waals surface area contributed by atoms with Gasteiger partial charge in [-0.25, -0.2) is 4.79 Å². The van der Waals surface area contributed by atoms with Crippen molar-refractivity contribution in [3.8, 4) is 0 Å². The predicted molar refractivity (Wildman–Crippen MR) is 66.6 cm³/mol. The first-order valence-corrected chi connectivity index (χ1v) is 6.27. The number of rotatable bonds is 5. The molecule has 0 aromatic rings. The number of nitrogens with zero attached hydrogens (tertiary/aromatic N) is 2. The van der Waals surface area contributed by atoms with Gasteiger partial charge in [0.2, 0.25) is 0 Å². The van der Waals surface area contributed by atoms with Crippen LogP contribution in [0, 0.1) is 4.91 Å². The van der Waals surface area contributed by atoms with Crippen molar-refractivity contribution in [2.45, 2.75) is 30.6 Å². The summed E-state index contributed by atoms with van der Waals surface area (Å²) in [5.41, 5.74) is 0. The Bertz CT molecular complexity index is 359. The molecule has 0 aliphatic carbocycles. The second-order valence-electron chi connectivity index (χ2n) is 4.10. The first kappa shape index (κ1) is 21.0. The van der Waals surface area contributed by atoms with Gasteiger partial charge in [0, 0.05) is 5.88 Å². The molecule has 1 aliphatic heterocycles. The number of aliphatic hydroxyl groups excluding tert-OH is 4. The maximum Gasteiger partial charge on any atom is 1.00 e. The SMILES string of the molecule is O=NN(CCCl)C(=O)N[C@@H]1[C@@H](O)[C@H](O)[C@@H](CO)O[C@@H]1O.[H-].[Na+]. The molecule has 12 heteroatoms.